The number of anilines is 1. The zero-order valence-electron chi connectivity index (χ0n) is 12.3. The van der Waals surface area contributed by atoms with Gasteiger partial charge >= 0.3 is 0 Å². The van der Waals surface area contributed by atoms with Crippen LogP contribution in [0.1, 0.15) is 38.2 Å². The van der Waals surface area contributed by atoms with E-state index >= 15 is 0 Å². The quantitative estimate of drug-likeness (QED) is 0.862. The highest BCUT2D eigenvalue weighted by atomic mass is 16.4. The molecule has 0 saturated carbocycles. The Kier molecular flexibility index (Phi) is 4.78. The Bertz CT molecular complexity index is 563. The summed E-state index contributed by atoms with van der Waals surface area (Å²) in [6.45, 7) is 4.11. The number of nitrogens with one attached hydrogen (secondary N) is 1. The molecule has 4 nitrogen and oxygen atoms in total. The lowest BCUT2D eigenvalue weighted by Crippen LogP contribution is -2.41. The lowest BCUT2D eigenvalue weighted by molar-refractivity contribution is -0.313. The predicted molar refractivity (Wildman–Crippen MR) is 79.5 cm³/mol. The maximum atomic E-state index is 12.4. The Morgan fingerprint density at radius 2 is 1.76 bits per heavy atom. The van der Waals surface area contributed by atoms with Gasteiger partial charge in [-0.3, -0.25) is 4.79 Å². The second-order valence-corrected chi connectivity index (χ2v) is 5.71. The van der Waals surface area contributed by atoms with Gasteiger partial charge in [-0.05, 0) is 30.4 Å². The Balaban J connectivity index is 2.18. The van der Waals surface area contributed by atoms with Gasteiger partial charge in [-0.15, -0.1) is 0 Å². The van der Waals surface area contributed by atoms with Gasteiger partial charge in [0.25, 0.3) is 0 Å². The monoisotopic (exact) mass is 286 g/mol. The molecule has 0 aromatic heterocycles. The van der Waals surface area contributed by atoms with Crippen LogP contribution in [-0.2, 0) is 9.59 Å². The lowest BCUT2D eigenvalue weighted by atomic mass is 9.82. The van der Waals surface area contributed by atoms with Crippen molar-refractivity contribution in [3.8, 4) is 0 Å². The van der Waals surface area contributed by atoms with Crippen LogP contribution in [0.15, 0.2) is 36.4 Å². The molecule has 1 aliphatic carbocycles. The van der Waals surface area contributed by atoms with E-state index in [0.29, 0.717) is 12.8 Å². The summed E-state index contributed by atoms with van der Waals surface area (Å²) in [6, 6.07) is 7.61. The molecule has 1 aromatic rings. The number of hydrogen-bond acceptors (Lipinski definition) is 3. The molecule has 112 valence electrons. The lowest BCUT2D eigenvalue weighted by Gasteiger charge is -2.28. The molecule has 1 aliphatic rings. The topological polar surface area (TPSA) is 69.2 Å². The van der Waals surface area contributed by atoms with Gasteiger partial charge in [0.15, 0.2) is 0 Å². The average Bonchev–Trinajstić information content (AvgIpc) is 2.47. The van der Waals surface area contributed by atoms with E-state index in [1.165, 1.54) is 0 Å². The third-order valence-corrected chi connectivity index (χ3v) is 3.91. The van der Waals surface area contributed by atoms with E-state index < -0.39 is 17.8 Å². The Morgan fingerprint density at radius 1 is 1.14 bits per heavy atom. The highest BCUT2D eigenvalue weighted by molar-refractivity contribution is 5.95. The Hall–Kier alpha value is -2.10. The minimum Gasteiger partial charge on any atom is -0.550 e. The first-order valence-corrected chi connectivity index (χ1v) is 7.26. The molecule has 2 atom stereocenters. The second kappa shape index (κ2) is 6.57. The number of allylic oxidation sites excluding steroid dienone is 2. The van der Waals surface area contributed by atoms with Crippen molar-refractivity contribution in [2.75, 3.05) is 5.32 Å². The third kappa shape index (κ3) is 3.51. The van der Waals surface area contributed by atoms with Gasteiger partial charge in [-0.2, -0.15) is 0 Å². The zero-order chi connectivity index (χ0) is 15.4. The number of carboxylic acids is 1. The number of carbonyl (C=O) groups is 2. The normalized spacial score (nSPS) is 21.3. The number of rotatable bonds is 4. The molecule has 1 amide bonds. The van der Waals surface area contributed by atoms with E-state index in [9.17, 15) is 14.7 Å². The second-order valence-electron chi connectivity index (χ2n) is 5.71. The van der Waals surface area contributed by atoms with Gasteiger partial charge in [0.05, 0.1) is 5.92 Å². The zero-order valence-corrected chi connectivity index (χ0v) is 12.3. The van der Waals surface area contributed by atoms with Gasteiger partial charge in [0.1, 0.15) is 0 Å². The molecule has 21 heavy (non-hydrogen) atoms. The van der Waals surface area contributed by atoms with Crippen molar-refractivity contribution in [2.24, 2.45) is 11.8 Å². The average molecular weight is 286 g/mol. The summed E-state index contributed by atoms with van der Waals surface area (Å²) in [5.41, 5.74) is 1.80. The molecule has 0 fully saturated rings. The number of carbonyl (C=O) groups excluding carboxylic acids is 2. The van der Waals surface area contributed by atoms with Crippen LogP contribution in [0.2, 0.25) is 0 Å². The summed E-state index contributed by atoms with van der Waals surface area (Å²) in [4.78, 5) is 23.6. The molecule has 2 unspecified atom stereocenters. The number of aliphatic carboxylic acids is 1. The van der Waals surface area contributed by atoms with Gasteiger partial charge in [0, 0.05) is 17.6 Å². The smallest absolute Gasteiger partial charge is 0.228 e. The molecule has 1 aromatic carbocycles. The van der Waals surface area contributed by atoms with Crippen LogP contribution >= 0.6 is 0 Å². The molecule has 0 aliphatic heterocycles. The molecular formula is C17H20NO3-. The first-order valence-electron chi connectivity index (χ1n) is 7.26. The van der Waals surface area contributed by atoms with Crippen LogP contribution in [0.5, 0.6) is 0 Å². The van der Waals surface area contributed by atoms with Crippen molar-refractivity contribution in [1.29, 1.82) is 0 Å². The summed E-state index contributed by atoms with van der Waals surface area (Å²) in [5, 5.41) is 14.1. The number of para-hydroxylation sites is 1. The van der Waals surface area contributed by atoms with Crippen molar-refractivity contribution in [1.82, 2.24) is 0 Å². The van der Waals surface area contributed by atoms with Crippen LogP contribution in [0.4, 0.5) is 5.69 Å². The van der Waals surface area contributed by atoms with Crippen molar-refractivity contribution in [2.45, 2.75) is 32.6 Å². The molecule has 0 radical (unpaired) electrons. The molecule has 0 saturated heterocycles. The minimum absolute atomic E-state index is 0.248. The van der Waals surface area contributed by atoms with Crippen molar-refractivity contribution in [3.05, 3.63) is 42.0 Å². The maximum Gasteiger partial charge on any atom is 0.228 e. The van der Waals surface area contributed by atoms with E-state index in [2.05, 4.69) is 19.2 Å². The van der Waals surface area contributed by atoms with Crippen LogP contribution in [0, 0.1) is 11.8 Å². The molecule has 0 spiro atoms. The summed E-state index contributed by atoms with van der Waals surface area (Å²) < 4.78 is 0. The molecule has 4 heteroatoms. The first-order chi connectivity index (χ1) is 10.0. The van der Waals surface area contributed by atoms with E-state index in [1.807, 2.05) is 30.3 Å². The van der Waals surface area contributed by atoms with E-state index in [1.54, 1.807) is 6.08 Å². The number of amides is 1. The van der Waals surface area contributed by atoms with Gasteiger partial charge in [-0.1, -0.05) is 44.2 Å². The van der Waals surface area contributed by atoms with Crippen molar-refractivity contribution >= 4 is 17.6 Å². The van der Waals surface area contributed by atoms with Gasteiger partial charge in [-0.25, -0.2) is 0 Å². The highest BCUT2D eigenvalue weighted by Crippen LogP contribution is 2.29. The van der Waals surface area contributed by atoms with E-state index in [4.69, 9.17) is 0 Å². The minimum atomic E-state index is -1.16. The van der Waals surface area contributed by atoms with Crippen LogP contribution in [0.3, 0.4) is 0 Å². The van der Waals surface area contributed by atoms with E-state index in [0.717, 1.165) is 11.3 Å². The van der Waals surface area contributed by atoms with Crippen LogP contribution in [0.25, 0.3) is 0 Å². The largest absolute Gasteiger partial charge is 0.550 e. The number of benzene rings is 1. The summed E-state index contributed by atoms with van der Waals surface area (Å²) >= 11 is 0. The van der Waals surface area contributed by atoms with Gasteiger partial charge in [0.2, 0.25) is 5.91 Å². The summed E-state index contributed by atoms with van der Waals surface area (Å²) in [6.07, 6.45) is 4.45. The van der Waals surface area contributed by atoms with Crippen LogP contribution < -0.4 is 10.4 Å². The Labute approximate surface area is 124 Å². The molecule has 1 N–H and O–H groups in total. The predicted octanol–water partition coefficient (Wildman–Crippen LogP) is 2.08. The molecule has 0 heterocycles. The molecule has 2 rings (SSSR count). The molecular weight excluding hydrogens is 266 g/mol. The van der Waals surface area contributed by atoms with Crippen molar-refractivity contribution < 1.29 is 14.7 Å². The van der Waals surface area contributed by atoms with Gasteiger partial charge < -0.3 is 15.2 Å². The molecule has 0 bridgehead atoms. The first kappa shape index (κ1) is 15.3. The maximum absolute atomic E-state index is 12.4. The fourth-order valence-corrected chi connectivity index (χ4v) is 2.70. The number of hydrogen-bond donors (Lipinski definition) is 1. The van der Waals surface area contributed by atoms with E-state index in [-0.39, 0.29) is 11.8 Å². The highest BCUT2D eigenvalue weighted by Gasteiger charge is 2.30. The fourth-order valence-electron chi connectivity index (χ4n) is 2.70. The summed E-state index contributed by atoms with van der Waals surface area (Å²) in [5.74, 6) is -2.44. The third-order valence-electron chi connectivity index (χ3n) is 3.91. The summed E-state index contributed by atoms with van der Waals surface area (Å²) in [7, 11) is 0. The fraction of sp³-hybridized carbons (Fsp3) is 0.412. The Morgan fingerprint density at radius 3 is 2.38 bits per heavy atom. The SMILES string of the molecule is CC(C)c1ccccc1NC(=O)C1CC=CCC1C(=O)[O-]. The standard InChI is InChI=1S/C17H21NO3/c1-11(2)12-7-5-6-10-15(12)18-16(19)13-8-3-4-9-14(13)17(20)21/h3-7,10-11,13-14H,8-9H2,1-2H3,(H,18,19)(H,20,21)/p-1. The number of carboxylic acid groups (broad SMARTS) is 1. The van der Waals surface area contributed by atoms with Crippen molar-refractivity contribution in [3.63, 3.8) is 0 Å². The van der Waals surface area contributed by atoms with Crippen LogP contribution in [-0.4, -0.2) is 11.9 Å².